The van der Waals surface area contributed by atoms with E-state index in [1.165, 1.54) is 0 Å². The van der Waals surface area contributed by atoms with E-state index in [0.29, 0.717) is 11.6 Å². The van der Waals surface area contributed by atoms with Crippen molar-refractivity contribution in [1.82, 2.24) is 29.9 Å². The first-order chi connectivity index (χ1) is 12.0. The van der Waals surface area contributed by atoms with Crippen molar-refractivity contribution in [3.63, 3.8) is 0 Å². The molecule has 2 fully saturated rings. The van der Waals surface area contributed by atoms with Gasteiger partial charge in [0.05, 0.1) is 17.0 Å². The Hall–Kier alpha value is -1.99. The van der Waals surface area contributed by atoms with Gasteiger partial charge in [-0.2, -0.15) is 5.10 Å². The monoisotopic (exact) mass is 342 g/mol. The molecule has 2 aliphatic rings. The van der Waals surface area contributed by atoms with Gasteiger partial charge >= 0.3 is 0 Å². The van der Waals surface area contributed by atoms with Crippen LogP contribution < -0.4 is 5.32 Å². The lowest BCUT2D eigenvalue weighted by Crippen LogP contribution is -2.49. The summed E-state index contributed by atoms with van der Waals surface area (Å²) in [7, 11) is 1.89. The third-order valence-corrected chi connectivity index (χ3v) is 5.54. The number of hydrogen-bond acceptors (Lipinski definition) is 5. The fraction of sp³-hybridized carbons (Fsp3) is 0.611. The standard InChI is InChI=1S/C18H26N6O/c1-12-16(10-15-13(2)21-22(3)17(15)20-12)18(25)24-7-4-14(11-24)23-8-5-19-6-9-23/h10,14,19H,4-9,11H2,1-3H3. The Labute approximate surface area is 148 Å². The number of carbonyl (C=O) groups excluding carboxylic acids is 1. The Morgan fingerprint density at radius 1 is 1.20 bits per heavy atom. The van der Waals surface area contributed by atoms with Crippen LogP contribution in [0.25, 0.3) is 11.0 Å². The molecule has 0 saturated carbocycles. The second-order valence-corrected chi connectivity index (χ2v) is 7.18. The zero-order valence-corrected chi connectivity index (χ0v) is 15.2. The van der Waals surface area contributed by atoms with Crippen LogP contribution in [0.1, 0.15) is 28.2 Å². The lowest BCUT2D eigenvalue weighted by atomic mass is 10.1. The van der Waals surface area contributed by atoms with Crippen LogP contribution in [0.4, 0.5) is 0 Å². The molecular weight excluding hydrogens is 316 g/mol. The van der Waals surface area contributed by atoms with Gasteiger partial charge in [-0.1, -0.05) is 0 Å². The Morgan fingerprint density at radius 2 is 1.96 bits per heavy atom. The van der Waals surface area contributed by atoms with Gasteiger partial charge in [0.15, 0.2) is 5.65 Å². The predicted octanol–water partition coefficient (Wildman–Crippen LogP) is 0.705. The van der Waals surface area contributed by atoms with Gasteiger partial charge in [0.1, 0.15) is 0 Å². The Balaban J connectivity index is 1.56. The summed E-state index contributed by atoms with van der Waals surface area (Å²) in [5.74, 6) is 0.104. The average molecular weight is 342 g/mol. The van der Waals surface area contributed by atoms with Crippen molar-refractivity contribution in [2.45, 2.75) is 26.3 Å². The van der Waals surface area contributed by atoms with Crippen LogP contribution in [0.2, 0.25) is 0 Å². The number of aryl methyl sites for hydroxylation is 3. The van der Waals surface area contributed by atoms with Gasteiger partial charge in [-0.25, -0.2) is 4.98 Å². The van der Waals surface area contributed by atoms with Gasteiger partial charge < -0.3 is 10.2 Å². The molecule has 7 nitrogen and oxygen atoms in total. The van der Waals surface area contributed by atoms with Gasteiger partial charge in [0.25, 0.3) is 5.91 Å². The molecule has 0 aliphatic carbocycles. The van der Waals surface area contributed by atoms with Crippen molar-refractivity contribution in [3.05, 3.63) is 23.0 Å². The number of fused-ring (bicyclic) bond motifs is 1. The summed E-state index contributed by atoms with van der Waals surface area (Å²) in [6, 6.07) is 2.46. The van der Waals surface area contributed by atoms with Gasteiger partial charge in [-0.3, -0.25) is 14.4 Å². The van der Waals surface area contributed by atoms with E-state index in [1.54, 1.807) is 4.68 Å². The van der Waals surface area contributed by atoms with E-state index in [0.717, 1.165) is 68.1 Å². The Kier molecular flexibility index (Phi) is 4.21. The maximum Gasteiger partial charge on any atom is 0.255 e. The summed E-state index contributed by atoms with van der Waals surface area (Å²) in [6.07, 6.45) is 1.06. The fourth-order valence-corrected chi connectivity index (χ4v) is 4.09. The van der Waals surface area contributed by atoms with Crippen LogP contribution >= 0.6 is 0 Å². The lowest BCUT2D eigenvalue weighted by molar-refractivity contribution is 0.0772. The van der Waals surface area contributed by atoms with Crippen LogP contribution in [0.5, 0.6) is 0 Å². The normalized spacial score (nSPS) is 22.0. The smallest absolute Gasteiger partial charge is 0.255 e. The van der Waals surface area contributed by atoms with Gasteiger partial charge in [0, 0.05) is 57.7 Å². The number of piperazine rings is 1. The summed E-state index contributed by atoms with van der Waals surface area (Å²) >= 11 is 0. The zero-order chi connectivity index (χ0) is 17.6. The van der Waals surface area contributed by atoms with E-state index >= 15 is 0 Å². The van der Waals surface area contributed by atoms with E-state index in [1.807, 2.05) is 31.9 Å². The molecule has 25 heavy (non-hydrogen) atoms. The number of hydrogen-bond donors (Lipinski definition) is 1. The number of carbonyl (C=O) groups is 1. The summed E-state index contributed by atoms with van der Waals surface area (Å²) in [5, 5.41) is 8.78. The first kappa shape index (κ1) is 16.5. The second kappa shape index (κ2) is 6.38. The molecule has 2 aromatic rings. The van der Waals surface area contributed by atoms with Crippen molar-refractivity contribution >= 4 is 16.9 Å². The van der Waals surface area contributed by atoms with Crippen molar-refractivity contribution in [3.8, 4) is 0 Å². The molecular formula is C18H26N6O. The number of pyridine rings is 1. The van der Waals surface area contributed by atoms with Crippen LogP contribution in [-0.2, 0) is 7.05 Å². The zero-order valence-electron chi connectivity index (χ0n) is 15.2. The maximum absolute atomic E-state index is 13.1. The molecule has 1 atom stereocenters. The number of amides is 1. The van der Waals surface area contributed by atoms with Crippen molar-refractivity contribution in [2.75, 3.05) is 39.3 Å². The molecule has 134 valence electrons. The molecule has 0 radical (unpaired) electrons. The van der Waals surface area contributed by atoms with Gasteiger partial charge in [-0.15, -0.1) is 0 Å². The Bertz CT molecular complexity index is 807. The minimum Gasteiger partial charge on any atom is -0.337 e. The Morgan fingerprint density at radius 3 is 2.72 bits per heavy atom. The maximum atomic E-state index is 13.1. The summed E-state index contributed by atoms with van der Waals surface area (Å²) in [4.78, 5) is 22.2. The van der Waals surface area contributed by atoms with Crippen molar-refractivity contribution in [1.29, 1.82) is 0 Å². The van der Waals surface area contributed by atoms with E-state index in [-0.39, 0.29) is 5.91 Å². The predicted molar refractivity (Wildman–Crippen MR) is 96.7 cm³/mol. The van der Waals surface area contributed by atoms with Gasteiger partial charge in [0.2, 0.25) is 0 Å². The first-order valence-corrected chi connectivity index (χ1v) is 9.09. The van der Waals surface area contributed by atoms with E-state index < -0.39 is 0 Å². The molecule has 1 N–H and O–H groups in total. The van der Waals surface area contributed by atoms with Crippen LogP contribution in [0.3, 0.4) is 0 Å². The highest BCUT2D eigenvalue weighted by Crippen LogP contribution is 2.23. The molecule has 2 aliphatic heterocycles. The highest BCUT2D eigenvalue weighted by Gasteiger charge is 2.32. The molecule has 1 amide bonds. The average Bonchev–Trinajstić information content (AvgIpc) is 3.20. The molecule has 2 aromatic heterocycles. The summed E-state index contributed by atoms with van der Waals surface area (Å²) in [5.41, 5.74) is 3.25. The fourth-order valence-electron chi connectivity index (χ4n) is 4.09. The van der Waals surface area contributed by atoms with E-state index in [4.69, 9.17) is 0 Å². The third-order valence-electron chi connectivity index (χ3n) is 5.54. The molecule has 1 unspecified atom stereocenters. The molecule has 4 heterocycles. The highest BCUT2D eigenvalue weighted by molar-refractivity contribution is 5.98. The van der Waals surface area contributed by atoms with E-state index in [9.17, 15) is 4.79 Å². The number of rotatable bonds is 2. The number of nitrogens with one attached hydrogen (secondary N) is 1. The van der Waals surface area contributed by atoms with Crippen LogP contribution in [-0.4, -0.2) is 75.8 Å². The minimum absolute atomic E-state index is 0.104. The number of likely N-dealkylation sites (tertiary alicyclic amines) is 1. The quantitative estimate of drug-likeness (QED) is 0.870. The highest BCUT2D eigenvalue weighted by atomic mass is 16.2. The summed E-state index contributed by atoms with van der Waals surface area (Å²) in [6.45, 7) is 9.78. The second-order valence-electron chi connectivity index (χ2n) is 7.18. The molecule has 2 saturated heterocycles. The first-order valence-electron chi connectivity index (χ1n) is 9.09. The summed E-state index contributed by atoms with van der Waals surface area (Å²) < 4.78 is 1.78. The number of aromatic nitrogens is 3. The van der Waals surface area contributed by atoms with Gasteiger partial charge in [-0.05, 0) is 26.3 Å². The largest absolute Gasteiger partial charge is 0.337 e. The SMILES string of the molecule is Cc1nc2c(cc1C(=O)N1CCC(N3CCNCC3)C1)c(C)nn2C. The molecule has 0 bridgehead atoms. The van der Waals surface area contributed by atoms with Crippen molar-refractivity contribution in [2.24, 2.45) is 7.05 Å². The molecule has 7 heteroatoms. The van der Waals surface area contributed by atoms with E-state index in [2.05, 4.69) is 20.3 Å². The number of nitrogens with zero attached hydrogens (tertiary/aromatic N) is 5. The molecule has 0 spiro atoms. The topological polar surface area (TPSA) is 66.3 Å². The molecule has 0 aromatic carbocycles. The lowest BCUT2D eigenvalue weighted by Gasteiger charge is -2.32. The molecule has 4 rings (SSSR count). The minimum atomic E-state index is 0.104. The van der Waals surface area contributed by atoms with Crippen LogP contribution in [0, 0.1) is 13.8 Å². The third kappa shape index (κ3) is 2.91. The van der Waals surface area contributed by atoms with Crippen LogP contribution in [0.15, 0.2) is 6.07 Å². The van der Waals surface area contributed by atoms with Crippen molar-refractivity contribution < 1.29 is 4.79 Å².